The number of pyridine rings is 1. The SMILES string of the molecule is CNc1ncnc(-c2cccnc2Oc2ccc(F)c(C(=O)Nc3cc(C(F)(F)F)ccc3OC)c2)n1. The molecule has 0 fully saturated rings. The molecule has 0 atom stereocenters. The van der Waals surface area contributed by atoms with Gasteiger partial charge in [0.2, 0.25) is 11.8 Å². The molecule has 13 heteroatoms. The number of ether oxygens (including phenoxy) is 2. The van der Waals surface area contributed by atoms with Gasteiger partial charge in [0, 0.05) is 13.2 Å². The van der Waals surface area contributed by atoms with Gasteiger partial charge in [-0.15, -0.1) is 0 Å². The summed E-state index contributed by atoms with van der Waals surface area (Å²) in [6, 6.07) is 9.18. The monoisotopic (exact) mass is 514 g/mol. The van der Waals surface area contributed by atoms with Crippen molar-refractivity contribution in [1.82, 2.24) is 19.9 Å². The van der Waals surface area contributed by atoms with Crippen LogP contribution in [0.15, 0.2) is 61.1 Å². The van der Waals surface area contributed by atoms with E-state index in [9.17, 15) is 22.4 Å². The average Bonchev–Trinajstić information content (AvgIpc) is 2.89. The van der Waals surface area contributed by atoms with Crippen LogP contribution in [0, 0.1) is 5.82 Å². The van der Waals surface area contributed by atoms with Crippen LogP contribution in [-0.2, 0) is 6.18 Å². The van der Waals surface area contributed by atoms with Crippen molar-refractivity contribution in [3.05, 3.63) is 78.0 Å². The number of carbonyl (C=O) groups is 1. The van der Waals surface area contributed by atoms with E-state index in [1.165, 1.54) is 25.7 Å². The molecule has 0 bridgehead atoms. The van der Waals surface area contributed by atoms with Gasteiger partial charge in [-0.05, 0) is 48.5 Å². The number of benzene rings is 2. The molecule has 4 rings (SSSR count). The summed E-state index contributed by atoms with van der Waals surface area (Å²) >= 11 is 0. The minimum absolute atomic E-state index is 0.0328. The van der Waals surface area contributed by atoms with Crippen molar-refractivity contribution in [3.8, 4) is 28.8 Å². The molecule has 0 aliphatic carbocycles. The molecular formula is C24H18F4N6O3. The highest BCUT2D eigenvalue weighted by Gasteiger charge is 2.31. The molecule has 0 radical (unpaired) electrons. The molecule has 9 nitrogen and oxygen atoms in total. The Morgan fingerprint density at radius 2 is 1.84 bits per heavy atom. The van der Waals surface area contributed by atoms with Crippen LogP contribution in [0.5, 0.6) is 17.4 Å². The van der Waals surface area contributed by atoms with Crippen molar-refractivity contribution < 1.29 is 31.8 Å². The quantitative estimate of drug-likeness (QED) is 0.325. The molecule has 37 heavy (non-hydrogen) atoms. The largest absolute Gasteiger partial charge is 0.495 e. The fraction of sp³-hybridized carbons (Fsp3) is 0.125. The van der Waals surface area contributed by atoms with Gasteiger partial charge in [0.05, 0.1) is 29.5 Å². The lowest BCUT2D eigenvalue weighted by Gasteiger charge is -2.14. The summed E-state index contributed by atoms with van der Waals surface area (Å²) in [5.74, 6) is -1.32. The summed E-state index contributed by atoms with van der Waals surface area (Å²) in [6.45, 7) is 0. The van der Waals surface area contributed by atoms with Gasteiger partial charge in [-0.3, -0.25) is 4.79 Å². The Morgan fingerprint density at radius 1 is 1.03 bits per heavy atom. The number of halogens is 4. The minimum atomic E-state index is -4.66. The zero-order valence-electron chi connectivity index (χ0n) is 19.3. The molecule has 0 aliphatic rings. The summed E-state index contributed by atoms with van der Waals surface area (Å²) < 4.78 is 64.8. The molecule has 2 aromatic heterocycles. The maximum atomic E-state index is 14.6. The number of methoxy groups -OCH3 is 1. The van der Waals surface area contributed by atoms with E-state index in [0.29, 0.717) is 17.6 Å². The highest BCUT2D eigenvalue weighted by atomic mass is 19.4. The normalized spacial score (nSPS) is 11.1. The Bertz CT molecular complexity index is 1450. The molecular weight excluding hydrogens is 496 g/mol. The summed E-state index contributed by atoms with van der Waals surface area (Å²) in [7, 11) is 2.86. The molecule has 4 aromatic rings. The first kappa shape index (κ1) is 25.3. The van der Waals surface area contributed by atoms with Crippen molar-refractivity contribution in [2.24, 2.45) is 0 Å². The van der Waals surface area contributed by atoms with Gasteiger partial charge >= 0.3 is 6.18 Å². The van der Waals surface area contributed by atoms with E-state index in [2.05, 4.69) is 30.6 Å². The van der Waals surface area contributed by atoms with Gasteiger partial charge in [0.25, 0.3) is 5.91 Å². The first-order valence-electron chi connectivity index (χ1n) is 10.6. The molecule has 0 saturated carbocycles. The lowest BCUT2D eigenvalue weighted by atomic mass is 10.1. The maximum absolute atomic E-state index is 14.6. The standard InChI is InChI=1S/C24H18F4N6O3/c1-29-23-32-12-31-20(34-23)15-4-3-9-30-22(15)37-14-6-7-17(25)16(11-14)21(35)33-18-10-13(24(26,27)28)5-8-19(18)36-2/h3-12H,1-2H3,(H,33,35)(H,29,31,32,34). The Morgan fingerprint density at radius 3 is 2.57 bits per heavy atom. The zero-order chi connectivity index (χ0) is 26.6. The Labute approximate surface area is 207 Å². The van der Waals surface area contributed by atoms with Gasteiger partial charge in [0.1, 0.15) is 23.6 Å². The molecule has 0 unspecified atom stereocenters. The number of aromatic nitrogens is 4. The minimum Gasteiger partial charge on any atom is -0.495 e. The molecule has 190 valence electrons. The number of nitrogens with one attached hydrogen (secondary N) is 2. The smallest absolute Gasteiger partial charge is 0.416 e. The molecule has 0 aliphatic heterocycles. The van der Waals surface area contributed by atoms with Crippen LogP contribution in [0.1, 0.15) is 15.9 Å². The first-order valence-corrected chi connectivity index (χ1v) is 10.6. The highest BCUT2D eigenvalue weighted by Crippen LogP contribution is 2.35. The highest BCUT2D eigenvalue weighted by molar-refractivity contribution is 6.05. The fourth-order valence-electron chi connectivity index (χ4n) is 3.21. The second-order valence-electron chi connectivity index (χ2n) is 7.35. The third kappa shape index (κ3) is 5.72. The van der Waals surface area contributed by atoms with E-state index < -0.39 is 29.0 Å². The lowest BCUT2D eigenvalue weighted by Crippen LogP contribution is -2.15. The number of nitrogens with zero attached hydrogens (tertiary/aromatic N) is 4. The Hall–Kier alpha value is -4.81. The number of hydrogen-bond acceptors (Lipinski definition) is 8. The van der Waals surface area contributed by atoms with Crippen LogP contribution < -0.4 is 20.1 Å². The number of alkyl halides is 3. The predicted octanol–water partition coefficient (Wildman–Crippen LogP) is 5.19. The van der Waals surface area contributed by atoms with Crippen molar-refractivity contribution >= 4 is 17.5 Å². The van der Waals surface area contributed by atoms with Crippen molar-refractivity contribution in [1.29, 1.82) is 0 Å². The number of hydrogen-bond donors (Lipinski definition) is 2. The van der Waals surface area contributed by atoms with E-state index in [-0.39, 0.29) is 28.9 Å². The van der Waals surface area contributed by atoms with Gasteiger partial charge in [-0.2, -0.15) is 18.2 Å². The average molecular weight is 514 g/mol. The third-order valence-corrected chi connectivity index (χ3v) is 4.98. The van der Waals surface area contributed by atoms with Crippen LogP contribution in [0.2, 0.25) is 0 Å². The van der Waals surface area contributed by atoms with Gasteiger partial charge in [-0.1, -0.05) is 0 Å². The van der Waals surface area contributed by atoms with Crippen LogP contribution >= 0.6 is 0 Å². The fourth-order valence-corrected chi connectivity index (χ4v) is 3.21. The van der Waals surface area contributed by atoms with E-state index >= 15 is 0 Å². The molecule has 2 aromatic carbocycles. The summed E-state index contributed by atoms with van der Waals surface area (Å²) in [5, 5.41) is 5.05. The van der Waals surface area contributed by atoms with E-state index in [1.54, 1.807) is 19.2 Å². The second-order valence-corrected chi connectivity index (χ2v) is 7.35. The van der Waals surface area contributed by atoms with Crippen LogP contribution in [0.25, 0.3) is 11.4 Å². The van der Waals surface area contributed by atoms with Gasteiger partial charge in [0.15, 0.2) is 5.82 Å². The molecule has 2 N–H and O–H groups in total. The van der Waals surface area contributed by atoms with Gasteiger partial charge < -0.3 is 20.1 Å². The third-order valence-electron chi connectivity index (χ3n) is 4.98. The topological polar surface area (TPSA) is 111 Å². The van der Waals surface area contributed by atoms with E-state index in [4.69, 9.17) is 9.47 Å². The zero-order valence-corrected chi connectivity index (χ0v) is 19.3. The first-order chi connectivity index (χ1) is 17.7. The summed E-state index contributed by atoms with van der Waals surface area (Å²) in [6.07, 6.45) is -1.90. The van der Waals surface area contributed by atoms with Crippen molar-refractivity contribution in [3.63, 3.8) is 0 Å². The molecule has 2 heterocycles. The van der Waals surface area contributed by atoms with Crippen LogP contribution in [-0.4, -0.2) is 40.0 Å². The molecule has 1 amide bonds. The number of amides is 1. The Balaban J connectivity index is 1.63. The maximum Gasteiger partial charge on any atom is 0.416 e. The van der Waals surface area contributed by atoms with Gasteiger partial charge in [-0.25, -0.2) is 19.3 Å². The van der Waals surface area contributed by atoms with E-state index in [0.717, 1.165) is 24.3 Å². The summed E-state index contributed by atoms with van der Waals surface area (Å²) in [5.41, 5.74) is -1.38. The van der Waals surface area contributed by atoms with Crippen molar-refractivity contribution in [2.45, 2.75) is 6.18 Å². The Kier molecular flexibility index (Phi) is 7.13. The lowest BCUT2D eigenvalue weighted by molar-refractivity contribution is -0.137. The summed E-state index contributed by atoms with van der Waals surface area (Å²) in [4.78, 5) is 29.3. The van der Waals surface area contributed by atoms with E-state index in [1.807, 2.05) is 0 Å². The number of rotatable bonds is 7. The number of carbonyl (C=O) groups excluding carboxylic acids is 1. The molecule has 0 spiro atoms. The predicted molar refractivity (Wildman–Crippen MR) is 125 cm³/mol. The second kappa shape index (κ2) is 10.4. The van der Waals surface area contributed by atoms with Crippen LogP contribution in [0.4, 0.5) is 29.2 Å². The molecule has 0 saturated heterocycles. The number of anilines is 2. The van der Waals surface area contributed by atoms with Crippen LogP contribution in [0.3, 0.4) is 0 Å². The van der Waals surface area contributed by atoms with Crippen molar-refractivity contribution in [2.75, 3.05) is 24.8 Å².